The number of benzene rings is 2. The Morgan fingerprint density at radius 1 is 1.00 bits per heavy atom. The van der Waals surface area contributed by atoms with Crippen molar-refractivity contribution in [2.45, 2.75) is 6.54 Å². The van der Waals surface area contributed by atoms with E-state index >= 15 is 0 Å². The third-order valence-corrected chi connectivity index (χ3v) is 3.20. The monoisotopic (exact) mass is 283 g/mol. The summed E-state index contributed by atoms with van der Waals surface area (Å²) in [6.07, 6.45) is 1.96. The van der Waals surface area contributed by atoms with Crippen LogP contribution in [-0.4, -0.2) is 9.78 Å². The third kappa shape index (κ3) is 3.00. The molecule has 4 heteroatoms. The van der Waals surface area contributed by atoms with E-state index in [2.05, 4.69) is 10.4 Å². The maximum absolute atomic E-state index is 5.95. The van der Waals surface area contributed by atoms with Crippen molar-refractivity contribution in [3.63, 3.8) is 0 Å². The van der Waals surface area contributed by atoms with Gasteiger partial charge in [-0.05, 0) is 36.4 Å². The molecule has 0 aliphatic rings. The average molecular weight is 284 g/mol. The lowest BCUT2D eigenvalue weighted by atomic mass is 10.3. The molecule has 0 fully saturated rings. The second-order valence-corrected chi connectivity index (χ2v) is 4.89. The number of hydrogen-bond donors (Lipinski definition) is 1. The van der Waals surface area contributed by atoms with Gasteiger partial charge in [0.15, 0.2) is 0 Å². The molecule has 0 amide bonds. The first kappa shape index (κ1) is 12.8. The summed E-state index contributed by atoms with van der Waals surface area (Å²) in [5, 5.41) is 8.57. The highest BCUT2D eigenvalue weighted by molar-refractivity contribution is 6.30. The van der Waals surface area contributed by atoms with E-state index in [1.807, 2.05) is 71.5 Å². The number of aromatic nitrogens is 2. The fourth-order valence-electron chi connectivity index (χ4n) is 1.97. The van der Waals surface area contributed by atoms with E-state index < -0.39 is 0 Å². The molecule has 0 bridgehead atoms. The van der Waals surface area contributed by atoms with Gasteiger partial charge >= 0.3 is 0 Å². The Morgan fingerprint density at radius 2 is 1.85 bits per heavy atom. The average Bonchev–Trinajstić information content (AvgIpc) is 2.95. The fourth-order valence-corrected chi connectivity index (χ4v) is 2.16. The van der Waals surface area contributed by atoms with Crippen LogP contribution in [0.15, 0.2) is 66.9 Å². The molecule has 0 saturated heterocycles. The predicted octanol–water partition coefficient (Wildman–Crippen LogP) is 4.14. The molecule has 100 valence electrons. The highest BCUT2D eigenvalue weighted by atomic mass is 35.5. The van der Waals surface area contributed by atoms with Crippen molar-refractivity contribution in [1.82, 2.24) is 9.78 Å². The Labute approximate surface area is 122 Å². The smallest absolute Gasteiger partial charge is 0.0819 e. The van der Waals surface area contributed by atoms with Gasteiger partial charge in [0.25, 0.3) is 0 Å². The van der Waals surface area contributed by atoms with Crippen molar-refractivity contribution >= 4 is 17.3 Å². The first-order valence-corrected chi connectivity index (χ1v) is 6.78. The molecule has 1 aromatic heterocycles. The zero-order chi connectivity index (χ0) is 13.8. The summed E-state index contributed by atoms with van der Waals surface area (Å²) < 4.78 is 1.87. The molecule has 3 rings (SSSR count). The Balaban J connectivity index is 1.69. The number of para-hydroxylation sites is 1. The normalized spacial score (nSPS) is 10.4. The Bertz CT molecular complexity index is 692. The SMILES string of the molecule is Clc1cccc(NCc2ccn(-c3ccccc3)n2)c1. The molecule has 0 unspecified atom stereocenters. The maximum Gasteiger partial charge on any atom is 0.0819 e. The fraction of sp³-hybridized carbons (Fsp3) is 0.0625. The number of rotatable bonds is 4. The number of hydrogen-bond acceptors (Lipinski definition) is 2. The van der Waals surface area contributed by atoms with E-state index in [1.165, 1.54) is 0 Å². The minimum Gasteiger partial charge on any atom is -0.379 e. The molecule has 3 nitrogen and oxygen atoms in total. The summed E-state index contributed by atoms with van der Waals surface area (Å²) in [5.41, 5.74) is 3.03. The molecular weight excluding hydrogens is 270 g/mol. The Morgan fingerprint density at radius 3 is 2.65 bits per heavy atom. The summed E-state index contributed by atoms with van der Waals surface area (Å²) in [7, 11) is 0. The van der Waals surface area contributed by atoms with Gasteiger partial charge in [-0.25, -0.2) is 4.68 Å². The van der Waals surface area contributed by atoms with Crippen molar-refractivity contribution in [3.05, 3.63) is 77.6 Å². The highest BCUT2D eigenvalue weighted by Gasteiger charge is 2.01. The molecule has 1 heterocycles. The van der Waals surface area contributed by atoms with Crippen LogP contribution in [0.3, 0.4) is 0 Å². The number of halogens is 1. The van der Waals surface area contributed by atoms with Crippen LogP contribution < -0.4 is 5.32 Å². The van der Waals surface area contributed by atoms with Crippen LogP contribution in [0.4, 0.5) is 5.69 Å². The van der Waals surface area contributed by atoms with E-state index in [4.69, 9.17) is 11.6 Å². The molecule has 0 radical (unpaired) electrons. The topological polar surface area (TPSA) is 29.9 Å². The van der Waals surface area contributed by atoms with Crippen LogP contribution in [-0.2, 0) is 6.54 Å². The van der Waals surface area contributed by atoms with Crippen molar-refractivity contribution < 1.29 is 0 Å². The van der Waals surface area contributed by atoms with Crippen LogP contribution in [0.1, 0.15) is 5.69 Å². The largest absolute Gasteiger partial charge is 0.379 e. The lowest BCUT2D eigenvalue weighted by Gasteiger charge is -2.04. The van der Waals surface area contributed by atoms with Gasteiger partial charge in [0.2, 0.25) is 0 Å². The van der Waals surface area contributed by atoms with Crippen molar-refractivity contribution in [3.8, 4) is 5.69 Å². The van der Waals surface area contributed by atoms with Crippen LogP contribution in [0.25, 0.3) is 5.69 Å². The zero-order valence-electron chi connectivity index (χ0n) is 10.8. The molecule has 3 aromatic rings. The molecule has 0 saturated carbocycles. The van der Waals surface area contributed by atoms with Gasteiger partial charge < -0.3 is 5.32 Å². The first-order chi connectivity index (χ1) is 9.81. The number of anilines is 1. The van der Waals surface area contributed by atoms with Crippen LogP contribution in [0.5, 0.6) is 0 Å². The summed E-state index contributed by atoms with van der Waals surface area (Å²) in [5.74, 6) is 0. The zero-order valence-corrected chi connectivity index (χ0v) is 11.6. The highest BCUT2D eigenvalue weighted by Crippen LogP contribution is 2.15. The molecular formula is C16H14ClN3. The van der Waals surface area contributed by atoms with Crippen LogP contribution in [0.2, 0.25) is 5.02 Å². The van der Waals surface area contributed by atoms with Crippen LogP contribution >= 0.6 is 11.6 Å². The molecule has 20 heavy (non-hydrogen) atoms. The molecule has 2 aromatic carbocycles. The molecule has 0 atom stereocenters. The molecule has 1 N–H and O–H groups in total. The summed E-state index contributed by atoms with van der Waals surface area (Å²) in [6.45, 7) is 0.667. The van der Waals surface area contributed by atoms with Gasteiger partial charge in [-0.1, -0.05) is 35.9 Å². The standard InChI is InChI=1S/C16H14ClN3/c17-13-5-4-6-14(11-13)18-12-15-9-10-20(19-15)16-7-2-1-3-8-16/h1-11,18H,12H2. The van der Waals surface area contributed by atoms with Gasteiger partial charge in [-0.3, -0.25) is 0 Å². The molecule has 0 spiro atoms. The van der Waals surface area contributed by atoms with E-state index in [0.717, 1.165) is 22.1 Å². The first-order valence-electron chi connectivity index (χ1n) is 6.41. The van der Waals surface area contributed by atoms with Crippen LogP contribution in [0, 0.1) is 0 Å². The maximum atomic E-state index is 5.95. The Kier molecular flexibility index (Phi) is 3.70. The summed E-state index contributed by atoms with van der Waals surface area (Å²) in [4.78, 5) is 0. The second-order valence-electron chi connectivity index (χ2n) is 4.45. The number of nitrogens with one attached hydrogen (secondary N) is 1. The lowest BCUT2D eigenvalue weighted by Crippen LogP contribution is -2.01. The van der Waals surface area contributed by atoms with E-state index in [-0.39, 0.29) is 0 Å². The number of nitrogens with zero attached hydrogens (tertiary/aromatic N) is 2. The third-order valence-electron chi connectivity index (χ3n) is 2.96. The van der Waals surface area contributed by atoms with Gasteiger partial charge in [0.1, 0.15) is 0 Å². The van der Waals surface area contributed by atoms with Gasteiger partial charge in [0, 0.05) is 16.9 Å². The quantitative estimate of drug-likeness (QED) is 0.780. The van der Waals surface area contributed by atoms with Crippen molar-refractivity contribution in [2.75, 3.05) is 5.32 Å². The second kappa shape index (κ2) is 5.80. The minimum atomic E-state index is 0.667. The van der Waals surface area contributed by atoms with E-state index in [1.54, 1.807) is 0 Å². The van der Waals surface area contributed by atoms with Gasteiger partial charge in [-0.15, -0.1) is 0 Å². The Hall–Kier alpha value is -2.26. The lowest BCUT2D eigenvalue weighted by molar-refractivity contribution is 0.844. The van der Waals surface area contributed by atoms with Crippen molar-refractivity contribution in [1.29, 1.82) is 0 Å². The minimum absolute atomic E-state index is 0.667. The predicted molar refractivity (Wildman–Crippen MR) is 82.3 cm³/mol. The summed E-state index contributed by atoms with van der Waals surface area (Å²) >= 11 is 5.95. The summed E-state index contributed by atoms with van der Waals surface area (Å²) in [6, 6.07) is 19.7. The molecule has 0 aliphatic carbocycles. The van der Waals surface area contributed by atoms with Gasteiger partial charge in [-0.2, -0.15) is 5.10 Å². The molecule has 0 aliphatic heterocycles. The van der Waals surface area contributed by atoms with Gasteiger partial charge in [0.05, 0.1) is 17.9 Å². The van der Waals surface area contributed by atoms with Crippen molar-refractivity contribution in [2.24, 2.45) is 0 Å². The van der Waals surface area contributed by atoms with E-state index in [9.17, 15) is 0 Å². The van der Waals surface area contributed by atoms with E-state index in [0.29, 0.717) is 6.54 Å².